The molecule has 0 aromatic carbocycles. The monoisotopic (exact) mass is 197 g/mol. The average Bonchev–Trinajstić information content (AvgIpc) is 1.63. The van der Waals surface area contributed by atoms with Crippen LogP contribution in [-0.2, 0) is 9.59 Å². The zero-order chi connectivity index (χ0) is 7.44. The molecule has 0 amide bonds. The fourth-order valence-corrected chi connectivity index (χ4v) is 0.424. The van der Waals surface area contributed by atoms with Crippen molar-refractivity contribution >= 4 is 26.7 Å². The Labute approximate surface area is 59.7 Å². The quantitative estimate of drug-likeness (QED) is 0.539. The van der Waals surface area contributed by atoms with Crippen molar-refractivity contribution < 1.29 is 19.8 Å². The fourth-order valence-electron chi connectivity index (χ4n) is 0.249. The molecule has 5 heteroatoms. The predicted octanol–water partition coefficient (Wildman–Crippen LogP) is -1.48. The molecule has 1 unspecified atom stereocenters. The van der Waals surface area contributed by atoms with E-state index in [9.17, 15) is 9.59 Å². The van der Waals surface area contributed by atoms with Gasteiger partial charge >= 0.3 is 59.0 Å². The van der Waals surface area contributed by atoms with E-state index in [0.29, 0.717) is 0 Å². The summed E-state index contributed by atoms with van der Waals surface area (Å²) in [5, 5.41) is 16.5. The van der Waals surface area contributed by atoms with Crippen LogP contribution in [0.5, 0.6) is 0 Å². The van der Waals surface area contributed by atoms with Gasteiger partial charge in [-0.1, -0.05) is 0 Å². The standard InChI is InChI=1S/C4H6O4Se/c5-2(4(8)9)1-3(6)7/h2,5H,1H2,(H,6,7)(H,8,9)/p-1. The number of rotatable bonds is 3. The number of carboxylic acids is 1. The summed E-state index contributed by atoms with van der Waals surface area (Å²) < 4.78 is -0.641. The first kappa shape index (κ1) is 8.62. The Morgan fingerprint density at radius 3 is 2.11 bits per heavy atom. The Morgan fingerprint density at radius 1 is 1.56 bits per heavy atom. The van der Waals surface area contributed by atoms with Crippen LogP contribution in [0, 0.1) is 0 Å². The molecular formula is C4H5O4Se-. The van der Waals surface area contributed by atoms with Crippen molar-refractivity contribution in [3.8, 4) is 0 Å². The molecule has 0 aromatic heterocycles. The van der Waals surface area contributed by atoms with Crippen LogP contribution in [0.2, 0.25) is 0 Å². The summed E-state index contributed by atoms with van der Waals surface area (Å²) >= 11 is 1.99. The van der Waals surface area contributed by atoms with Crippen LogP contribution >= 0.6 is 0 Å². The third kappa shape index (κ3) is 4.14. The van der Waals surface area contributed by atoms with E-state index < -0.39 is 23.2 Å². The van der Waals surface area contributed by atoms with Gasteiger partial charge in [-0.3, -0.25) is 0 Å². The van der Waals surface area contributed by atoms with Crippen molar-refractivity contribution in [3.05, 3.63) is 0 Å². The molecule has 0 radical (unpaired) electrons. The fraction of sp³-hybridized carbons (Fsp3) is 0.500. The molecule has 2 N–H and O–H groups in total. The minimum atomic E-state index is -1.40. The van der Waals surface area contributed by atoms with Crippen molar-refractivity contribution in [2.75, 3.05) is 0 Å². The van der Waals surface area contributed by atoms with Gasteiger partial charge in [0.05, 0.1) is 0 Å². The number of aliphatic hydroxyl groups excluding tert-OH is 1. The van der Waals surface area contributed by atoms with Crippen LogP contribution < -0.4 is 0 Å². The number of hydrogen-bond donors (Lipinski definition) is 2. The Bertz CT molecular complexity index is 133. The molecule has 4 nitrogen and oxygen atoms in total. The van der Waals surface area contributed by atoms with Gasteiger partial charge in [-0.25, -0.2) is 0 Å². The molecule has 9 heavy (non-hydrogen) atoms. The van der Waals surface area contributed by atoms with E-state index in [1.165, 1.54) is 0 Å². The predicted molar refractivity (Wildman–Crippen MR) is 29.0 cm³/mol. The van der Waals surface area contributed by atoms with Crippen molar-refractivity contribution in [2.24, 2.45) is 0 Å². The third-order valence-electron chi connectivity index (χ3n) is 0.640. The van der Waals surface area contributed by atoms with E-state index >= 15 is 0 Å². The van der Waals surface area contributed by atoms with Gasteiger partial charge in [0, 0.05) is 0 Å². The Hall–Kier alpha value is -0.381. The second kappa shape index (κ2) is 3.61. The number of carbonyl (C=O) groups is 2. The van der Waals surface area contributed by atoms with Crippen LogP contribution in [0.3, 0.4) is 0 Å². The van der Waals surface area contributed by atoms with E-state index in [1.54, 1.807) is 0 Å². The van der Waals surface area contributed by atoms with Crippen LogP contribution in [0.15, 0.2) is 0 Å². The molecule has 52 valence electrons. The van der Waals surface area contributed by atoms with Crippen molar-refractivity contribution in [1.29, 1.82) is 0 Å². The van der Waals surface area contributed by atoms with Crippen LogP contribution in [-0.4, -0.2) is 43.0 Å². The van der Waals surface area contributed by atoms with E-state index in [2.05, 4.69) is 0 Å². The molecular weight excluding hydrogens is 191 g/mol. The molecule has 0 aliphatic heterocycles. The SMILES string of the molecule is O=C(O)CC(O)C(=O)[Se-]. The molecule has 0 aromatic rings. The maximum atomic E-state index is 10.1. The second-order valence-electron chi connectivity index (χ2n) is 1.43. The Balaban J connectivity index is 3.63. The molecule has 0 fully saturated rings. The zero-order valence-electron chi connectivity index (χ0n) is 4.40. The third-order valence-corrected chi connectivity index (χ3v) is 1.21. The number of carbonyl (C=O) groups excluding carboxylic acids is 1. The maximum absolute atomic E-state index is 10.1. The molecule has 0 rings (SSSR count). The molecule has 1 atom stereocenters. The second-order valence-corrected chi connectivity index (χ2v) is 2.28. The van der Waals surface area contributed by atoms with Gasteiger partial charge in [0.25, 0.3) is 0 Å². The van der Waals surface area contributed by atoms with E-state index in [1.807, 2.05) is 16.0 Å². The minimum absolute atomic E-state index is 0.536. The van der Waals surface area contributed by atoms with E-state index in [4.69, 9.17) is 10.2 Å². The summed E-state index contributed by atoms with van der Waals surface area (Å²) in [6, 6.07) is 0. The van der Waals surface area contributed by atoms with Gasteiger partial charge in [0.2, 0.25) is 0 Å². The van der Waals surface area contributed by atoms with Gasteiger partial charge in [-0.2, -0.15) is 0 Å². The van der Waals surface area contributed by atoms with E-state index in [-0.39, 0.29) is 0 Å². The van der Waals surface area contributed by atoms with Crippen LogP contribution in [0.25, 0.3) is 0 Å². The first-order valence-corrected chi connectivity index (χ1v) is 3.00. The molecule has 0 aliphatic carbocycles. The number of carboxylic acid groups (broad SMARTS) is 1. The first-order valence-electron chi connectivity index (χ1n) is 2.14. The first-order chi connectivity index (χ1) is 4.04. The molecule has 0 heterocycles. The van der Waals surface area contributed by atoms with Crippen molar-refractivity contribution in [1.82, 2.24) is 0 Å². The van der Waals surface area contributed by atoms with Gasteiger partial charge in [0.15, 0.2) is 0 Å². The summed E-state index contributed by atoms with van der Waals surface area (Å²) in [4.78, 5) is 19.9. The van der Waals surface area contributed by atoms with Gasteiger partial charge in [-0.15, -0.1) is 0 Å². The molecule has 0 aliphatic rings. The normalized spacial score (nSPS) is 12.6. The number of aliphatic carboxylic acids is 1. The number of aliphatic hydroxyl groups is 1. The molecule has 0 saturated carbocycles. The topological polar surface area (TPSA) is 74.6 Å². The average molecular weight is 196 g/mol. The zero-order valence-corrected chi connectivity index (χ0v) is 6.12. The summed E-state index contributed by atoms with van der Waals surface area (Å²) in [6.45, 7) is 0. The van der Waals surface area contributed by atoms with Crippen molar-refractivity contribution in [2.45, 2.75) is 12.5 Å². The Morgan fingerprint density at radius 2 is 2.00 bits per heavy atom. The van der Waals surface area contributed by atoms with Crippen LogP contribution in [0.1, 0.15) is 6.42 Å². The van der Waals surface area contributed by atoms with E-state index in [0.717, 1.165) is 0 Å². The number of hydrogen-bond acceptors (Lipinski definition) is 3. The van der Waals surface area contributed by atoms with Gasteiger partial charge in [-0.05, 0) is 0 Å². The van der Waals surface area contributed by atoms with Crippen LogP contribution in [0.4, 0.5) is 0 Å². The summed E-state index contributed by atoms with van der Waals surface area (Å²) in [7, 11) is 0. The molecule has 0 bridgehead atoms. The Kier molecular flexibility index (Phi) is 3.46. The van der Waals surface area contributed by atoms with Crippen molar-refractivity contribution in [3.63, 3.8) is 0 Å². The van der Waals surface area contributed by atoms with Gasteiger partial charge in [0.1, 0.15) is 0 Å². The summed E-state index contributed by atoms with van der Waals surface area (Å²) in [6.07, 6.45) is -1.94. The summed E-state index contributed by atoms with van der Waals surface area (Å²) in [5.74, 6) is -1.19. The van der Waals surface area contributed by atoms with Gasteiger partial charge < -0.3 is 0 Å². The summed E-state index contributed by atoms with van der Waals surface area (Å²) in [5.41, 5.74) is 0. The molecule has 0 saturated heterocycles. The molecule has 0 spiro atoms.